The van der Waals surface area contributed by atoms with Gasteiger partial charge in [0.1, 0.15) is 17.6 Å². The van der Waals surface area contributed by atoms with Gasteiger partial charge in [0.05, 0.1) is 12.5 Å². The van der Waals surface area contributed by atoms with Crippen LogP contribution in [0.15, 0.2) is 60.7 Å². The molecule has 0 spiro atoms. The first-order chi connectivity index (χ1) is 16.9. The molecule has 0 saturated carbocycles. The van der Waals surface area contributed by atoms with E-state index in [9.17, 15) is 9.35 Å². The van der Waals surface area contributed by atoms with Gasteiger partial charge in [-0.25, -0.2) is 0 Å². The smallest absolute Gasteiger partial charge is 0.309 e. The Bertz CT molecular complexity index is 924. The number of cyclic esters (lactones) is 1. The molecule has 0 N–H and O–H groups in total. The van der Waals surface area contributed by atoms with Crippen molar-refractivity contribution in [1.29, 1.82) is 0 Å². The highest BCUT2D eigenvalue weighted by Crippen LogP contribution is 2.41. The van der Waals surface area contributed by atoms with Crippen LogP contribution in [0, 0.1) is 0 Å². The monoisotopic (exact) mass is 496 g/mol. The van der Waals surface area contributed by atoms with Gasteiger partial charge in [0.2, 0.25) is 0 Å². The lowest BCUT2D eigenvalue weighted by molar-refractivity contribution is -0.177. The van der Waals surface area contributed by atoms with E-state index in [0.717, 1.165) is 63.1 Å². The van der Waals surface area contributed by atoms with E-state index in [2.05, 4.69) is 56.3 Å². The lowest BCUT2D eigenvalue weighted by Gasteiger charge is -2.43. The summed E-state index contributed by atoms with van der Waals surface area (Å²) in [6.07, 6.45) is 7.83. The summed E-state index contributed by atoms with van der Waals surface area (Å²) in [5.74, 6) is 1.41. The third kappa shape index (κ3) is 6.31. The van der Waals surface area contributed by atoms with E-state index >= 15 is 0 Å². The van der Waals surface area contributed by atoms with Crippen LogP contribution >= 0.6 is 0 Å². The number of hydrogen-bond donors (Lipinski definition) is 0. The molecule has 2 aliphatic heterocycles. The standard InChI is InChI=1S/C30H40O4S/c1-29(26-17-20-33-26,24-13-5-3-6-14-24)18-9-11-21-35(32)22-12-10-19-30(2,27-23-28(31)34-27)25-15-7-4-8-16-25/h3-8,13-16,26-27H,9-12,17-23H2,1-2H3. The number of carbonyl (C=O) groups excluding carboxylic acids is 1. The summed E-state index contributed by atoms with van der Waals surface area (Å²) in [6.45, 7) is 5.39. The second kappa shape index (κ2) is 11.9. The lowest BCUT2D eigenvalue weighted by atomic mass is 9.71. The fourth-order valence-corrected chi connectivity index (χ4v) is 6.88. The summed E-state index contributed by atoms with van der Waals surface area (Å²) < 4.78 is 24.1. The Labute approximate surface area is 214 Å². The zero-order valence-electron chi connectivity index (χ0n) is 21.2. The van der Waals surface area contributed by atoms with E-state index in [4.69, 9.17) is 9.47 Å². The van der Waals surface area contributed by atoms with Gasteiger partial charge < -0.3 is 14.0 Å². The van der Waals surface area contributed by atoms with Crippen LogP contribution in [0.4, 0.5) is 0 Å². The zero-order chi connectivity index (χ0) is 24.7. The largest absolute Gasteiger partial charge is 0.616 e. The maximum atomic E-state index is 12.7. The molecule has 2 saturated heterocycles. The van der Waals surface area contributed by atoms with E-state index < -0.39 is 11.2 Å². The van der Waals surface area contributed by atoms with Gasteiger partial charge in [0.15, 0.2) is 0 Å². The molecule has 4 nitrogen and oxygen atoms in total. The summed E-state index contributed by atoms with van der Waals surface area (Å²) >= 11 is -0.785. The molecule has 0 aliphatic carbocycles. The average Bonchev–Trinajstić information content (AvgIpc) is 2.82. The van der Waals surface area contributed by atoms with Crippen LogP contribution in [0.5, 0.6) is 0 Å². The Morgan fingerprint density at radius 2 is 1.29 bits per heavy atom. The minimum absolute atomic E-state index is 0.0356. The van der Waals surface area contributed by atoms with Gasteiger partial charge in [-0.3, -0.25) is 4.79 Å². The Kier molecular flexibility index (Phi) is 8.96. The second-order valence-electron chi connectivity index (χ2n) is 10.7. The van der Waals surface area contributed by atoms with Crippen molar-refractivity contribution in [3.8, 4) is 0 Å². The fourth-order valence-electron chi connectivity index (χ4n) is 5.63. The normalized spacial score (nSPS) is 23.8. The second-order valence-corrected chi connectivity index (χ2v) is 12.4. The average molecular weight is 497 g/mol. The van der Waals surface area contributed by atoms with Gasteiger partial charge in [-0.15, -0.1) is 0 Å². The molecule has 0 radical (unpaired) electrons. The van der Waals surface area contributed by atoms with Crippen LogP contribution in [0.2, 0.25) is 0 Å². The zero-order valence-corrected chi connectivity index (χ0v) is 22.1. The van der Waals surface area contributed by atoms with Crippen molar-refractivity contribution in [3.63, 3.8) is 0 Å². The quantitative estimate of drug-likeness (QED) is 0.180. The van der Waals surface area contributed by atoms with Gasteiger partial charge in [-0.1, -0.05) is 85.7 Å². The first-order valence-corrected chi connectivity index (χ1v) is 14.7. The van der Waals surface area contributed by atoms with Crippen molar-refractivity contribution in [1.82, 2.24) is 0 Å². The molecule has 2 aromatic carbocycles. The molecule has 190 valence electrons. The molecule has 5 heteroatoms. The van der Waals surface area contributed by atoms with Crippen LogP contribution in [0.3, 0.4) is 0 Å². The number of ether oxygens (including phenoxy) is 2. The van der Waals surface area contributed by atoms with Gasteiger partial charge in [0.25, 0.3) is 0 Å². The topological polar surface area (TPSA) is 58.6 Å². The highest BCUT2D eigenvalue weighted by molar-refractivity contribution is 7.91. The van der Waals surface area contributed by atoms with Crippen LogP contribution in [-0.4, -0.2) is 40.8 Å². The molecular formula is C30H40O4S. The van der Waals surface area contributed by atoms with E-state index in [-0.39, 0.29) is 22.9 Å². The minimum atomic E-state index is -0.785. The fraction of sp³-hybridized carbons (Fsp3) is 0.567. The molecule has 2 heterocycles. The SMILES string of the molecule is CC(CCCC[S+]([O-])CCCCC(C)(c1ccccc1)C1CC(=O)O1)(c1ccccc1)C1CCO1. The maximum absolute atomic E-state index is 12.7. The predicted molar refractivity (Wildman–Crippen MR) is 142 cm³/mol. The first-order valence-electron chi connectivity index (χ1n) is 13.2. The molecule has 2 fully saturated rings. The van der Waals surface area contributed by atoms with E-state index in [1.54, 1.807) is 0 Å². The van der Waals surface area contributed by atoms with Gasteiger partial charge in [0, 0.05) is 17.4 Å². The number of esters is 1. The van der Waals surface area contributed by atoms with Crippen molar-refractivity contribution in [2.45, 2.75) is 88.3 Å². The number of carbonyl (C=O) groups is 1. The minimum Gasteiger partial charge on any atom is -0.616 e. The van der Waals surface area contributed by atoms with Crippen molar-refractivity contribution in [3.05, 3.63) is 71.8 Å². The summed E-state index contributed by atoms with van der Waals surface area (Å²) in [6, 6.07) is 21.1. The third-order valence-corrected chi connectivity index (χ3v) is 9.74. The number of benzene rings is 2. The Hall–Kier alpha value is -1.82. The first kappa shape index (κ1) is 26.2. The molecule has 0 aromatic heterocycles. The predicted octanol–water partition coefficient (Wildman–Crippen LogP) is 6.10. The van der Waals surface area contributed by atoms with Gasteiger partial charge in [-0.2, -0.15) is 0 Å². The van der Waals surface area contributed by atoms with Gasteiger partial charge in [-0.05, 0) is 56.1 Å². The number of unbranched alkanes of at least 4 members (excludes halogenated alkanes) is 2. The summed E-state index contributed by atoms with van der Waals surface area (Å²) in [4.78, 5) is 11.5. The summed E-state index contributed by atoms with van der Waals surface area (Å²) in [5, 5.41) is 0. The van der Waals surface area contributed by atoms with Crippen LogP contribution in [-0.2, 0) is 36.3 Å². The summed E-state index contributed by atoms with van der Waals surface area (Å²) in [7, 11) is 0. The molecule has 0 amide bonds. The highest BCUT2D eigenvalue weighted by atomic mass is 32.2. The lowest BCUT2D eigenvalue weighted by Crippen LogP contribution is -2.48. The maximum Gasteiger partial charge on any atom is 0.309 e. The van der Waals surface area contributed by atoms with Crippen molar-refractivity contribution < 1.29 is 18.8 Å². The van der Waals surface area contributed by atoms with E-state index in [1.165, 1.54) is 11.1 Å². The van der Waals surface area contributed by atoms with E-state index in [1.807, 2.05) is 18.2 Å². The van der Waals surface area contributed by atoms with Crippen LogP contribution in [0.25, 0.3) is 0 Å². The number of rotatable bonds is 14. The molecule has 35 heavy (non-hydrogen) atoms. The molecule has 5 atom stereocenters. The summed E-state index contributed by atoms with van der Waals surface area (Å²) in [5.41, 5.74) is 2.43. The number of hydrogen-bond acceptors (Lipinski definition) is 4. The molecule has 4 rings (SSSR count). The molecule has 2 aromatic rings. The molecule has 0 bridgehead atoms. The Morgan fingerprint density at radius 3 is 1.69 bits per heavy atom. The highest BCUT2D eigenvalue weighted by Gasteiger charge is 2.45. The van der Waals surface area contributed by atoms with Crippen LogP contribution < -0.4 is 0 Å². The van der Waals surface area contributed by atoms with Crippen molar-refractivity contribution >= 4 is 17.1 Å². The molecule has 2 aliphatic rings. The van der Waals surface area contributed by atoms with Crippen molar-refractivity contribution in [2.75, 3.05) is 18.1 Å². The van der Waals surface area contributed by atoms with E-state index in [0.29, 0.717) is 12.5 Å². The third-order valence-electron chi connectivity index (χ3n) is 8.25. The van der Waals surface area contributed by atoms with Gasteiger partial charge >= 0.3 is 5.97 Å². The van der Waals surface area contributed by atoms with Crippen LogP contribution in [0.1, 0.15) is 76.3 Å². The Balaban J connectivity index is 1.19. The molecule has 5 unspecified atom stereocenters. The molecular weight excluding hydrogens is 456 g/mol. The van der Waals surface area contributed by atoms with Crippen molar-refractivity contribution in [2.24, 2.45) is 0 Å². The Morgan fingerprint density at radius 1 is 0.829 bits per heavy atom.